The smallest absolute Gasteiger partial charge is 0.148 e. The second-order valence-electron chi connectivity index (χ2n) is 4.18. The lowest BCUT2D eigenvalue weighted by Crippen LogP contribution is -2.35. The first kappa shape index (κ1) is 11.7. The number of nitrogens with one attached hydrogen (secondary N) is 1. The van der Waals surface area contributed by atoms with E-state index in [1.54, 1.807) is 0 Å². The molecular formula is C9H17N5OS. The van der Waals surface area contributed by atoms with Crippen molar-refractivity contribution < 1.29 is 5.11 Å². The highest BCUT2D eigenvalue weighted by molar-refractivity contribution is 7.10. The van der Waals surface area contributed by atoms with Crippen LogP contribution in [0.15, 0.2) is 0 Å². The summed E-state index contributed by atoms with van der Waals surface area (Å²) < 4.78 is 3.86. The van der Waals surface area contributed by atoms with Gasteiger partial charge in [0.25, 0.3) is 0 Å². The second-order valence-corrected chi connectivity index (χ2v) is 4.93. The third kappa shape index (κ3) is 2.17. The molecule has 0 aliphatic carbocycles. The van der Waals surface area contributed by atoms with Gasteiger partial charge in [0.2, 0.25) is 0 Å². The summed E-state index contributed by atoms with van der Waals surface area (Å²) in [4.78, 5) is 2.24. The minimum atomic E-state index is 0.199. The summed E-state index contributed by atoms with van der Waals surface area (Å²) in [5, 5.41) is 14.2. The van der Waals surface area contributed by atoms with Gasteiger partial charge >= 0.3 is 0 Å². The molecule has 0 radical (unpaired) electrons. The standard InChI is InChI=1S/C9H17N5OS/c1-6-2-3-14(8(6)5-15)4-7-9(11-10)16-13-12-7/h6,8,11,15H,2-5,10H2,1H3. The third-order valence-corrected chi connectivity index (χ3v) is 3.92. The molecule has 2 atom stereocenters. The van der Waals surface area contributed by atoms with Crippen LogP contribution in [0.2, 0.25) is 0 Å². The lowest BCUT2D eigenvalue weighted by atomic mass is 10.0. The number of hydrazine groups is 1. The van der Waals surface area contributed by atoms with E-state index in [1.165, 1.54) is 11.5 Å². The largest absolute Gasteiger partial charge is 0.395 e. The molecule has 0 aromatic carbocycles. The highest BCUT2D eigenvalue weighted by atomic mass is 32.1. The Bertz CT molecular complexity index is 344. The maximum atomic E-state index is 9.35. The molecule has 1 saturated heterocycles. The summed E-state index contributed by atoms with van der Waals surface area (Å²) in [5.41, 5.74) is 3.46. The monoisotopic (exact) mass is 243 g/mol. The molecule has 4 N–H and O–H groups in total. The lowest BCUT2D eigenvalue weighted by Gasteiger charge is -2.24. The van der Waals surface area contributed by atoms with E-state index in [-0.39, 0.29) is 12.6 Å². The van der Waals surface area contributed by atoms with Crippen LogP contribution in [-0.4, -0.2) is 38.8 Å². The van der Waals surface area contributed by atoms with Crippen LogP contribution in [0.1, 0.15) is 19.0 Å². The zero-order valence-electron chi connectivity index (χ0n) is 9.26. The van der Waals surface area contributed by atoms with E-state index >= 15 is 0 Å². The first-order valence-corrected chi connectivity index (χ1v) is 6.16. The number of nitrogens with two attached hydrogens (primary N) is 1. The minimum Gasteiger partial charge on any atom is -0.395 e. The zero-order valence-corrected chi connectivity index (χ0v) is 10.1. The Morgan fingerprint density at radius 1 is 1.69 bits per heavy atom. The highest BCUT2D eigenvalue weighted by Gasteiger charge is 2.31. The number of aliphatic hydroxyl groups is 1. The summed E-state index contributed by atoms with van der Waals surface area (Å²) in [6.45, 7) is 4.06. The summed E-state index contributed by atoms with van der Waals surface area (Å²) in [7, 11) is 0. The maximum absolute atomic E-state index is 9.35. The average Bonchev–Trinajstić information content (AvgIpc) is 2.86. The number of nitrogens with zero attached hydrogens (tertiary/aromatic N) is 3. The van der Waals surface area contributed by atoms with E-state index in [9.17, 15) is 5.11 Å². The summed E-state index contributed by atoms with van der Waals surface area (Å²) >= 11 is 1.26. The van der Waals surface area contributed by atoms with Gasteiger partial charge in [-0.2, -0.15) is 0 Å². The van der Waals surface area contributed by atoms with Gasteiger partial charge in [0.15, 0.2) is 0 Å². The van der Waals surface area contributed by atoms with Crippen LogP contribution in [0.3, 0.4) is 0 Å². The van der Waals surface area contributed by atoms with E-state index < -0.39 is 0 Å². The van der Waals surface area contributed by atoms with Crippen molar-refractivity contribution in [2.75, 3.05) is 18.6 Å². The average molecular weight is 243 g/mol. The van der Waals surface area contributed by atoms with Gasteiger partial charge in [-0.05, 0) is 18.9 Å². The van der Waals surface area contributed by atoms with Crippen molar-refractivity contribution >= 4 is 16.5 Å². The molecule has 0 saturated carbocycles. The van der Waals surface area contributed by atoms with Crippen LogP contribution in [0.25, 0.3) is 0 Å². The van der Waals surface area contributed by atoms with Crippen molar-refractivity contribution in [1.29, 1.82) is 0 Å². The molecule has 0 spiro atoms. The van der Waals surface area contributed by atoms with Crippen molar-refractivity contribution in [3.8, 4) is 0 Å². The number of anilines is 1. The molecule has 6 nitrogen and oxygen atoms in total. The number of nitrogen functional groups attached to an aromatic ring is 1. The number of aliphatic hydroxyl groups excluding tert-OH is 1. The minimum absolute atomic E-state index is 0.199. The van der Waals surface area contributed by atoms with Gasteiger partial charge < -0.3 is 10.5 Å². The number of hydrogen-bond acceptors (Lipinski definition) is 7. The van der Waals surface area contributed by atoms with Gasteiger partial charge in [0.1, 0.15) is 10.7 Å². The molecule has 1 aromatic heterocycles. The van der Waals surface area contributed by atoms with E-state index in [0.29, 0.717) is 12.5 Å². The molecule has 90 valence electrons. The van der Waals surface area contributed by atoms with Crippen LogP contribution in [0.4, 0.5) is 5.00 Å². The van der Waals surface area contributed by atoms with Crippen LogP contribution >= 0.6 is 11.5 Å². The fourth-order valence-corrected chi connectivity index (χ4v) is 2.68. The Hall–Kier alpha value is -0.760. The van der Waals surface area contributed by atoms with Crippen molar-refractivity contribution in [3.05, 3.63) is 5.69 Å². The molecule has 1 aliphatic heterocycles. The fourth-order valence-electron chi connectivity index (χ4n) is 2.19. The highest BCUT2D eigenvalue weighted by Crippen LogP contribution is 2.27. The van der Waals surface area contributed by atoms with Crippen molar-refractivity contribution in [1.82, 2.24) is 14.5 Å². The molecule has 16 heavy (non-hydrogen) atoms. The van der Waals surface area contributed by atoms with Crippen LogP contribution in [-0.2, 0) is 6.54 Å². The maximum Gasteiger partial charge on any atom is 0.148 e. The van der Waals surface area contributed by atoms with Crippen molar-refractivity contribution in [2.24, 2.45) is 11.8 Å². The Morgan fingerprint density at radius 3 is 3.19 bits per heavy atom. The third-order valence-electron chi connectivity index (χ3n) is 3.22. The van der Waals surface area contributed by atoms with Crippen molar-refractivity contribution in [3.63, 3.8) is 0 Å². The van der Waals surface area contributed by atoms with Gasteiger partial charge in [0, 0.05) is 24.1 Å². The quantitative estimate of drug-likeness (QED) is 0.511. The number of aromatic nitrogens is 2. The summed E-state index contributed by atoms with van der Waals surface area (Å²) in [6.07, 6.45) is 1.12. The number of hydrogen-bond donors (Lipinski definition) is 3. The Balaban J connectivity index is 2.04. The molecule has 7 heteroatoms. The predicted octanol–water partition coefficient (Wildman–Crippen LogP) is 0.0264. The topological polar surface area (TPSA) is 87.3 Å². The van der Waals surface area contributed by atoms with Gasteiger partial charge in [-0.25, -0.2) is 5.84 Å². The van der Waals surface area contributed by atoms with Gasteiger partial charge in [-0.3, -0.25) is 4.90 Å². The molecule has 0 bridgehead atoms. The SMILES string of the molecule is CC1CCN(Cc2nnsc2NN)C1CO. The molecule has 1 aliphatic rings. The van der Waals surface area contributed by atoms with E-state index in [2.05, 4.69) is 26.8 Å². The zero-order chi connectivity index (χ0) is 11.5. The predicted molar refractivity (Wildman–Crippen MR) is 62.8 cm³/mol. The summed E-state index contributed by atoms with van der Waals surface area (Å²) in [6, 6.07) is 0.229. The van der Waals surface area contributed by atoms with Gasteiger partial charge in [0.05, 0.1) is 6.61 Å². The molecular weight excluding hydrogens is 226 g/mol. The van der Waals surface area contributed by atoms with Gasteiger partial charge in [-0.15, -0.1) is 5.10 Å². The molecule has 1 fully saturated rings. The second kappa shape index (κ2) is 5.05. The summed E-state index contributed by atoms with van der Waals surface area (Å²) in [5.74, 6) is 5.91. The first-order chi connectivity index (χ1) is 7.76. The Labute approximate surface area is 98.6 Å². The molecule has 0 amide bonds. The number of rotatable bonds is 4. The Morgan fingerprint density at radius 2 is 2.50 bits per heavy atom. The molecule has 2 rings (SSSR count). The lowest BCUT2D eigenvalue weighted by molar-refractivity contribution is 0.133. The van der Waals surface area contributed by atoms with Crippen molar-refractivity contribution in [2.45, 2.75) is 25.9 Å². The van der Waals surface area contributed by atoms with E-state index in [0.717, 1.165) is 23.7 Å². The molecule has 2 heterocycles. The van der Waals surface area contributed by atoms with Crippen LogP contribution in [0.5, 0.6) is 0 Å². The first-order valence-electron chi connectivity index (χ1n) is 5.39. The van der Waals surface area contributed by atoms with Crippen LogP contribution in [0, 0.1) is 5.92 Å². The normalized spacial score (nSPS) is 26.2. The fraction of sp³-hybridized carbons (Fsp3) is 0.778. The van der Waals surface area contributed by atoms with E-state index in [1.807, 2.05) is 0 Å². The molecule has 1 aromatic rings. The van der Waals surface area contributed by atoms with Crippen LogP contribution < -0.4 is 11.3 Å². The Kier molecular flexibility index (Phi) is 3.70. The van der Waals surface area contributed by atoms with Gasteiger partial charge in [-0.1, -0.05) is 11.4 Å². The number of likely N-dealkylation sites (tertiary alicyclic amines) is 1. The van der Waals surface area contributed by atoms with E-state index in [4.69, 9.17) is 5.84 Å². The molecule has 2 unspecified atom stereocenters.